The smallest absolute Gasteiger partial charge is 0.316 e. The molecule has 1 unspecified atom stereocenters. The van der Waals surface area contributed by atoms with E-state index < -0.39 is 16.5 Å². The van der Waals surface area contributed by atoms with Gasteiger partial charge >= 0.3 is 5.97 Å². The normalized spacial score (nSPS) is 24.1. The first-order valence-corrected chi connectivity index (χ1v) is 5.74. The van der Waals surface area contributed by atoms with E-state index in [0.29, 0.717) is 10.8 Å². The van der Waals surface area contributed by atoms with Crippen molar-refractivity contribution in [1.29, 1.82) is 0 Å². The van der Waals surface area contributed by atoms with Crippen LogP contribution in [0.5, 0.6) is 0 Å². The monoisotopic (exact) mass is 216 g/mol. The number of nitrogens with two attached hydrogens (primary N) is 2. The van der Waals surface area contributed by atoms with Gasteiger partial charge in [0.05, 0.1) is 5.41 Å². The largest absolute Gasteiger partial charge is 0.423 e. The van der Waals surface area contributed by atoms with Crippen molar-refractivity contribution < 1.29 is 9.53 Å². The summed E-state index contributed by atoms with van der Waals surface area (Å²) in [4.78, 5) is 11.5. The highest BCUT2D eigenvalue weighted by molar-refractivity contribution is 8.21. The molecule has 0 radical (unpaired) electrons. The minimum absolute atomic E-state index is 0.301. The van der Waals surface area contributed by atoms with Crippen LogP contribution in [0, 0.1) is 5.41 Å². The van der Waals surface area contributed by atoms with E-state index in [1.165, 1.54) is 0 Å². The van der Waals surface area contributed by atoms with Gasteiger partial charge in [0.1, 0.15) is 5.03 Å². The van der Waals surface area contributed by atoms with Crippen LogP contribution in [0.3, 0.4) is 0 Å². The zero-order valence-electron chi connectivity index (χ0n) is 8.57. The maximum Gasteiger partial charge on any atom is 0.316 e. The molecule has 1 rings (SSSR count). The summed E-state index contributed by atoms with van der Waals surface area (Å²) in [5.41, 5.74) is 5.13. The molecule has 1 heterocycles. The molecule has 0 aromatic rings. The van der Waals surface area contributed by atoms with Gasteiger partial charge in [-0.25, -0.2) is 0 Å². The summed E-state index contributed by atoms with van der Waals surface area (Å²) in [5, 5.41) is 7.89. The van der Waals surface area contributed by atoms with Crippen molar-refractivity contribution in [2.75, 3.05) is 0 Å². The molecule has 5 heteroatoms. The van der Waals surface area contributed by atoms with E-state index in [9.17, 15) is 4.79 Å². The second-order valence-corrected chi connectivity index (χ2v) is 5.71. The fraction of sp³-hybridized carbons (Fsp3) is 0.444. The van der Waals surface area contributed by atoms with Crippen molar-refractivity contribution in [3.8, 4) is 0 Å². The summed E-state index contributed by atoms with van der Waals surface area (Å²) in [6.07, 6.45) is 1.66. The zero-order valence-corrected chi connectivity index (χ0v) is 9.47. The Balaban J connectivity index is 2.72. The Morgan fingerprint density at radius 2 is 2.07 bits per heavy atom. The lowest BCUT2D eigenvalue weighted by Gasteiger charge is -2.17. The third kappa shape index (κ3) is 2.30. The van der Waals surface area contributed by atoms with Gasteiger partial charge < -0.3 is 10.5 Å². The predicted molar refractivity (Wildman–Crippen MR) is 59.1 cm³/mol. The summed E-state index contributed by atoms with van der Waals surface area (Å²) >= 11 is -0.932. The molecule has 0 bridgehead atoms. The molecule has 1 aliphatic heterocycles. The van der Waals surface area contributed by atoms with Gasteiger partial charge in [-0.3, -0.25) is 9.93 Å². The predicted octanol–water partition coefficient (Wildman–Crippen LogP) is 1.11. The van der Waals surface area contributed by atoms with Gasteiger partial charge in [-0.1, -0.05) is 0 Å². The van der Waals surface area contributed by atoms with Gasteiger partial charge in [0, 0.05) is 0 Å². The number of hydrogen-bond acceptors (Lipinski definition) is 4. The first-order valence-electron chi connectivity index (χ1n) is 4.26. The molecule has 14 heavy (non-hydrogen) atoms. The molecule has 0 fully saturated rings. The van der Waals surface area contributed by atoms with Crippen LogP contribution in [-0.4, -0.2) is 5.97 Å². The Bertz CT molecular complexity index is 315. The molecule has 0 saturated heterocycles. The summed E-state index contributed by atoms with van der Waals surface area (Å²) in [7, 11) is 0. The van der Waals surface area contributed by atoms with Gasteiger partial charge in [0.25, 0.3) is 0 Å². The Kier molecular flexibility index (Phi) is 2.92. The Hall–Kier alpha value is -0.940. The number of allylic oxidation sites excluding steroid dienone is 1. The van der Waals surface area contributed by atoms with Crippen LogP contribution in [0.2, 0.25) is 0 Å². The standard InChI is InChI=1S/C9H16N2O2S/c1-9(2,3)8(12)13-6-4-5-14(11)7(6)10/h4-5,14H,10-11H2,1-3H3. The summed E-state index contributed by atoms with van der Waals surface area (Å²) in [6.45, 7) is 5.36. The van der Waals surface area contributed by atoms with Gasteiger partial charge in [-0.05, 0) is 32.3 Å². The number of ether oxygens (including phenoxy) is 1. The summed E-state index contributed by atoms with van der Waals surface area (Å²) in [6, 6.07) is 0. The lowest BCUT2D eigenvalue weighted by atomic mass is 9.97. The summed E-state index contributed by atoms with van der Waals surface area (Å²) in [5.74, 6) is 0.101. The lowest BCUT2D eigenvalue weighted by molar-refractivity contribution is -0.148. The van der Waals surface area contributed by atoms with E-state index in [1.54, 1.807) is 32.3 Å². The average molecular weight is 216 g/mol. The Morgan fingerprint density at radius 3 is 2.43 bits per heavy atom. The van der Waals surface area contributed by atoms with Crippen LogP contribution >= 0.6 is 11.1 Å². The lowest BCUT2D eigenvalue weighted by Crippen LogP contribution is -2.23. The van der Waals surface area contributed by atoms with Crippen LogP contribution in [-0.2, 0) is 9.53 Å². The maximum atomic E-state index is 11.5. The number of esters is 1. The van der Waals surface area contributed by atoms with Gasteiger partial charge in [0.2, 0.25) is 0 Å². The maximum absolute atomic E-state index is 11.5. The first kappa shape index (κ1) is 11.1. The third-order valence-electron chi connectivity index (χ3n) is 1.73. The van der Waals surface area contributed by atoms with Crippen LogP contribution in [0.15, 0.2) is 22.3 Å². The minimum Gasteiger partial charge on any atom is -0.423 e. The molecule has 0 aromatic heterocycles. The average Bonchev–Trinajstić information content (AvgIpc) is 2.34. The SMILES string of the molecule is CC(C)(C)C(=O)OC1=C(N)[SH](N)C=C1. The molecule has 0 aromatic carbocycles. The fourth-order valence-electron chi connectivity index (χ4n) is 0.780. The number of hydrogen-bond donors (Lipinski definition) is 3. The molecule has 1 atom stereocenters. The highest BCUT2D eigenvalue weighted by Gasteiger charge is 2.26. The fourth-order valence-corrected chi connectivity index (χ4v) is 1.61. The second kappa shape index (κ2) is 3.67. The highest BCUT2D eigenvalue weighted by Crippen LogP contribution is 2.35. The molecular formula is C9H16N2O2S. The van der Waals surface area contributed by atoms with Crippen molar-refractivity contribution in [2.24, 2.45) is 16.3 Å². The van der Waals surface area contributed by atoms with Gasteiger partial charge in [-0.15, -0.1) is 11.1 Å². The number of carbonyl (C=O) groups excluding carboxylic acids is 1. The molecule has 1 aliphatic rings. The molecule has 0 amide bonds. The van der Waals surface area contributed by atoms with E-state index in [1.807, 2.05) is 0 Å². The number of carbonyl (C=O) groups is 1. The van der Waals surface area contributed by atoms with E-state index in [0.717, 1.165) is 0 Å². The van der Waals surface area contributed by atoms with Crippen molar-refractivity contribution in [2.45, 2.75) is 20.8 Å². The summed E-state index contributed by atoms with van der Waals surface area (Å²) < 4.78 is 5.12. The first-order chi connectivity index (χ1) is 6.32. The highest BCUT2D eigenvalue weighted by atomic mass is 32.2. The van der Waals surface area contributed by atoms with Crippen LogP contribution in [0.25, 0.3) is 0 Å². The third-order valence-corrected chi connectivity index (χ3v) is 2.98. The van der Waals surface area contributed by atoms with E-state index >= 15 is 0 Å². The van der Waals surface area contributed by atoms with Crippen LogP contribution in [0.1, 0.15) is 20.8 Å². The zero-order chi connectivity index (χ0) is 10.9. The van der Waals surface area contributed by atoms with Crippen molar-refractivity contribution in [1.82, 2.24) is 0 Å². The second-order valence-electron chi connectivity index (χ2n) is 4.11. The van der Waals surface area contributed by atoms with Crippen molar-refractivity contribution in [3.63, 3.8) is 0 Å². The molecule has 0 spiro atoms. The van der Waals surface area contributed by atoms with Gasteiger partial charge in [0.15, 0.2) is 5.76 Å². The topological polar surface area (TPSA) is 78.3 Å². The Labute approximate surface area is 86.5 Å². The molecule has 0 saturated carbocycles. The quantitative estimate of drug-likeness (QED) is 0.453. The molecule has 4 nitrogen and oxygen atoms in total. The Morgan fingerprint density at radius 1 is 1.50 bits per heavy atom. The van der Waals surface area contributed by atoms with Crippen molar-refractivity contribution in [3.05, 3.63) is 22.3 Å². The van der Waals surface area contributed by atoms with Crippen LogP contribution < -0.4 is 10.9 Å². The number of rotatable bonds is 1. The molecular weight excluding hydrogens is 200 g/mol. The van der Waals surface area contributed by atoms with E-state index in [-0.39, 0.29) is 5.97 Å². The molecule has 4 N–H and O–H groups in total. The van der Waals surface area contributed by atoms with E-state index in [4.69, 9.17) is 15.6 Å². The minimum atomic E-state index is -0.932. The molecule has 80 valence electrons. The van der Waals surface area contributed by atoms with Crippen molar-refractivity contribution >= 4 is 17.1 Å². The van der Waals surface area contributed by atoms with E-state index in [2.05, 4.69) is 0 Å². The van der Waals surface area contributed by atoms with Crippen LogP contribution in [0.4, 0.5) is 0 Å². The van der Waals surface area contributed by atoms with Gasteiger partial charge in [-0.2, -0.15) is 0 Å². The number of thiol groups is 1. The molecule has 0 aliphatic carbocycles.